The Morgan fingerprint density at radius 3 is 1.44 bits per heavy atom. The molecule has 8 aromatic carbocycles. The molecule has 0 N–H and O–H groups in total. The van der Waals surface area contributed by atoms with E-state index >= 15 is 0 Å². The maximum Gasteiger partial charge on any atom is 0.0722 e. The van der Waals surface area contributed by atoms with Crippen molar-refractivity contribution in [3.8, 4) is 67.2 Å². The Bertz CT molecular complexity index is 2900. The molecule has 2 heteroatoms. The molecule has 10 rings (SSSR count). The Hall–Kier alpha value is -7.16. The van der Waals surface area contributed by atoms with E-state index in [0.29, 0.717) is 0 Å². The quantitative estimate of drug-likeness (QED) is 0.174. The molecule has 2 aromatic heterocycles. The summed E-state index contributed by atoms with van der Waals surface area (Å²) in [5.41, 5.74) is 14.1. The first kappa shape index (κ1) is 31.6. The summed E-state index contributed by atoms with van der Waals surface area (Å²) >= 11 is 0. The first-order valence-electron chi connectivity index (χ1n) is 18.4. The molecule has 0 fully saturated rings. The minimum Gasteiger partial charge on any atom is -0.248 e. The van der Waals surface area contributed by atoms with Crippen LogP contribution in [0.3, 0.4) is 0 Å². The van der Waals surface area contributed by atoms with Crippen LogP contribution in [0.1, 0.15) is 0 Å². The molecule has 0 bridgehead atoms. The van der Waals surface area contributed by atoms with E-state index < -0.39 is 0 Å². The summed E-state index contributed by atoms with van der Waals surface area (Å²) in [5.74, 6) is 0. The van der Waals surface area contributed by atoms with E-state index in [0.717, 1.165) is 61.4 Å². The van der Waals surface area contributed by atoms with Crippen LogP contribution in [0.15, 0.2) is 206 Å². The number of rotatable bonds is 6. The summed E-state index contributed by atoms with van der Waals surface area (Å²) < 4.78 is 0. The number of pyridine rings is 2. The zero-order chi connectivity index (χ0) is 35.8. The number of nitrogens with zero attached hydrogens (tertiary/aromatic N) is 2. The lowest BCUT2D eigenvalue weighted by Crippen LogP contribution is -1.93. The standard InChI is InChI=1S/C52H34N2/c1-3-13-35(14-4-1)42-32-50(39-17-5-2-6-18-39)54-51(33-42)40-27-25-38(26-28-40)47-34-52(46-24-12-20-37-16-8-10-22-44(37)46)53-49-30-29-41(31-48(47)49)45-23-11-19-36-15-7-9-21-43(36)45/h1-34H. The molecule has 0 spiro atoms. The zero-order valence-corrected chi connectivity index (χ0v) is 29.5. The number of hydrogen-bond acceptors (Lipinski definition) is 2. The average Bonchev–Trinajstić information content (AvgIpc) is 3.26. The molecule has 54 heavy (non-hydrogen) atoms. The maximum atomic E-state index is 5.31. The van der Waals surface area contributed by atoms with Gasteiger partial charge in [0.1, 0.15) is 0 Å². The van der Waals surface area contributed by atoms with Crippen molar-refractivity contribution in [1.29, 1.82) is 0 Å². The van der Waals surface area contributed by atoms with Gasteiger partial charge in [-0.3, -0.25) is 0 Å². The largest absolute Gasteiger partial charge is 0.248 e. The lowest BCUT2D eigenvalue weighted by Gasteiger charge is -2.15. The second-order valence-electron chi connectivity index (χ2n) is 13.8. The van der Waals surface area contributed by atoms with Crippen molar-refractivity contribution < 1.29 is 0 Å². The predicted molar refractivity (Wildman–Crippen MR) is 227 cm³/mol. The van der Waals surface area contributed by atoms with Gasteiger partial charge in [0.15, 0.2) is 0 Å². The average molecular weight is 687 g/mol. The van der Waals surface area contributed by atoms with Crippen molar-refractivity contribution in [2.45, 2.75) is 0 Å². The molecule has 0 unspecified atom stereocenters. The van der Waals surface area contributed by atoms with Gasteiger partial charge in [0.05, 0.1) is 22.6 Å². The molecule has 0 radical (unpaired) electrons. The van der Waals surface area contributed by atoms with Gasteiger partial charge in [0.2, 0.25) is 0 Å². The molecule has 0 aliphatic carbocycles. The molecular formula is C52H34N2. The van der Waals surface area contributed by atoms with Crippen LogP contribution in [0.4, 0.5) is 0 Å². The van der Waals surface area contributed by atoms with Crippen molar-refractivity contribution in [2.24, 2.45) is 0 Å². The normalized spacial score (nSPS) is 11.3. The Balaban J connectivity index is 1.14. The summed E-state index contributed by atoms with van der Waals surface area (Å²) in [6.07, 6.45) is 0. The molecule has 0 saturated heterocycles. The first-order chi connectivity index (χ1) is 26.7. The molecule has 10 aromatic rings. The number of benzene rings is 8. The van der Waals surface area contributed by atoms with Crippen molar-refractivity contribution in [2.75, 3.05) is 0 Å². The molecule has 252 valence electrons. The van der Waals surface area contributed by atoms with Gasteiger partial charge in [-0.05, 0) is 85.3 Å². The minimum atomic E-state index is 0.941. The molecule has 0 atom stereocenters. The smallest absolute Gasteiger partial charge is 0.0722 e. The molecule has 0 aliphatic heterocycles. The van der Waals surface area contributed by atoms with Gasteiger partial charge in [-0.1, -0.05) is 176 Å². The molecule has 0 amide bonds. The zero-order valence-electron chi connectivity index (χ0n) is 29.5. The Kier molecular flexibility index (Phi) is 7.85. The third-order valence-corrected chi connectivity index (χ3v) is 10.5. The van der Waals surface area contributed by atoms with Gasteiger partial charge in [-0.15, -0.1) is 0 Å². The second kappa shape index (κ2) is 13.4. The van der Waals surface area contributed by atoms with Crippen molar-refractivity contribution >= 4 is 32.4 Å². The molecule has 2 heterocycles. The topological polar surface area (TPSA) is 25.8 Å². The van der Waals surface area contributed by atoms with Gasteiger partial charge in [-0.25, -0.2) is 9.97 Å². The number of hydrogen-bond donors (Lipinski definition) is 0. The van der Waals surface area contributed by atoms with E-state index in [9.17, 15) is 0 Å². The van der Waals surface area contributed by atoms with Crippen molar-refractivity contribution in [1.82, 2.24) is 9.97 Å². The van der Waals surface area contributed by atoms with Crippen molar-refractivity contribution in [3.05, 3.63) is 206 Å². The lowest BCUT2D eigenvalue weighted by atomic mass is 9.92. The van der Waals surface area contributed by atoms with Crippen LogP contribution in [-0.4, -0.2) is 9.97 Å². The maximum absolute atomic E-state index is 5.31. The van der Waals surface area contributed by atoms with E-state index in [4.69, 9.17) is 9.97 Å². The molecule has 0 aliphatic rings. The van der Waals surface area contributed by atoms with E-state index in [-0.39, 0.29) is 0 Å². The van der Waals surface area contributed by atoms with Crippen molar-refractivity contribution in [3.63, 3.8) is 0 Å². The fourth-order valence-electron chi connectivity index (χ4n) is 7.75. The third-order valence-electron chi connectivity index (χ3n) is 10.5. The highest BCUT2D eigenvalue weighted by atomic mass is 14.7. The number of aromatic nitrogens is 2. The highest BCUT2D eigenvalue weighted by Crippen LogP contribution is 2.39. The Morgan fingerprint density at radius 1 is 0.241 bits per heavy atom. The summed E-state index contributed by atoms with van der Waals surface area (Å²) in [7, 11) is 0. The monoisotopic (exact) mass is 686 g/mol. The van der Waals surface area contributed by atoms with Crippen LogP contribution in [0.25, 0.3) is 99.6 Å². The van der Waals surface area contributed by atoms with E-state index in [1.807, 2.05) is 6.07 Å². The predicted octanol–water partition coefficient (Wildman–Crippen LogP) is 13.9. The first-order valence-corrected chi connectivity index (χ1v) is 18.4. The van der Waals surface area contributed by atoms with Crippen LogP contribution in [0.2, 0.25) is 0 Å². The Morgan fingerprint density at radius 2 is 0.759 bits per heavy atom. The summed E-state index contributed by atoms with van der Waals surface area (Å²) in [5, 5.41) is 5.99. The molecule has 0 saturated carbocycles. The van der Waals surface area contributed by atoms with E-state index in [2.05, 4.69) is 200 Å². The summed E-state index contributed by atoms with van der Waals surface area (Å²) in [6.45, 7) is 0. The second-order valence-corrected chi connectivity index (χ2v) is 13.8. The third kappa shape index (κ3) is 5.81. The Labute approximate surface area is 314 Å². The van der Waals surface area contributed by atoms with E-state index in [1.165, 1.54) is 38.2 Å². The highest BCUT2D eigenvalue weighted by Gasteiger charge is 2.15. The SMILES string of the molecule is c1ccc(-c2cc(-c3ccccc3)nc(-c3ccc(-c4cc(-c5cccc6ccccc56)nc5ccc(-c6cccc7ccccc67)cc45)cc3)c2)cc1. The van der Waals surface area contributed by atoms with Crippen LogP contribution in [0, 0.1) is 0 Å². The highest BCUT2D eigenvalue weighted by molar-refractivity contribution is 6.04. The van der Waals surface area contributed by atoms with Crippen LogP contribution in [0.5, 0.6) is 0 Å². The van der Waals surface area contributed by atoms with Gasteiger partial charge < -0.3 is 0 Å². The van der Waals surface area contributed by atoms with Crippen LogP contribution in [-0.2, 0) is 0 Å². The summed E-state index contributed by atoms with van der Waals surface area (Å²) in [4.78, 5) is 10.5. The van der Waals surface area contributed by atoms with Gasteiger partial charge in [0.25, 0.3) is 0 Å². The van der Waals surface area contributed by atoms with Crippen LogP contribution >= 0.6 is 0 Å². The van der Waals surface area contributed by atoms with Gasteiger partial charge in [0, 0.05) is 22.1 Å². The van der Waals surface area contributed by atoms with Gasteiger partial charge in [-0.2, -0.15) is 0 Å². The fourth-order valence-corrected chi connectivity index (χ4v) is 7.75. The number of fused-ring (bicyclic) bond motifs is 3. The molecular weight excluding hydrogens is 653 g/mol. The molecule has 2 nitrogen and oxygen atoms in total. The summed E-state index contributed by atoms with van der Waals surface area (Å²) in [6, 6.07) is 73.4. The van der Waals surface area contributed by atoms with Gasteiger partial charge >= 0.3 is 0 Å². The lowest BCUT2D eigenvalue weighted by molar-refractivity contribution is 1.32. The minimum absolute atomic E-state index is 0.941. The van der Waals surface area contributed by atoms with Crippen LogP contribution < -0.4 is 0 Å². The fraction of sp³-hybridized carbons (Fsp3) is 0. The van der Waals surface area contributed by atoms with E-state index in [1.54, 1.807) is 0 Å².